The molecule has 0 aliphatic carbocycles. The third kappa shape index (κ3) is 2.87. The van der Waals surface area contributed by atoms with E-state index in [1.54, 1.807) is 0 Å². The smallest absolute Gasteiger partial charge is 0.227 e. The molecule has 0 spiro atoms. The maximum Gasteiger partial charge on any atom is 0.227 e. The second-order valence-corrected chi connectivity index (χ2v) is 5.63. The number of aliphatic carboxylic acids is 1. The molecular formula is C16H12NO3S-. The Balaban J connectivity index is 2.07. The van der Waals surface area contributed by atoms with Crippen molar-refractivity contribution in [3.8, 4) is 22.1 Å². The molecule has 1 aromatic carbocycles. The standard InChI is InChI=1S/C16H13NO3S/c1-10-4-6-11(7-5-10)16-17-12(9-14(18)19)15(20-16)13-3-2-8-21-13/h2-8H,9H2,1H3,(H,18,19)/p-1. The van der Waals surface area contributed by atoms with Crippen LogP contribution in [-0.4, -0.2) is 11.0 Å². The number of carboxylic acid groups (broad SMARTS) is 1. The van der Waals surface area contributed by atoms with Crippen molar-refractivity contribution in [3.05, 3.63) is 53.0 Å². The highest BCUT2D eigenvalue weighted by atomic mass is 32.1. The first-order valence-corrected chi connectivity index (χ1v) is 7.32. The maximum absolute atomic E-state index is 10.9. The van der Waals surface area contributed by atoms with Crippen LogP contribution in [0.1, 0.15) is 11.3 Å². The molecule has 5 heteroatoms. The van der Waals surface area contributed by atoms with Gasteiger partial charge in [-0.1, -0.05) is 23.8 Å². The molecule has 0 unspecified atom stereocenters. The van der Waals surface area contributed by atoms with Crippen molar-refractivity contribution in [2.24, 2.45) is 0 Å². The SMILES string of the molecule is Cc1ccc(-c2nc(CC(=O)[O-])c(-c3cccs3)o2)cc1. The van der Waals surface area contributed by atoms with Crippen LogP contribution in [0.4, 0.5) is 0 Å². The van der Waals surface area contributed by atoms with Crippen LogP contribution in [0.15, 0.2) is 46.2 Å². The Morgan fingerprint density at radius 1 is 1.29 bits per heavy atom. The van der Waals surface area contributed by atoms with Gasteiger partial charge in [-0.25, -0.2) is 4.98 Å². The molecule has 0 aliphatic heterocycles. The normalized spacial score (nSPS) is 10.7. The number of thiophene rings is 1. The lowest BCUT2D eigenvalue weighted by molar-refractivity contribution is -0.304. The zero-order valence-corrected chi connectivity index (χ0v) is 12.1. The number of hydrogen-bond donors (Lipinski definition) is 0. The molecule has 0 amide bonds. The van der Waals surface area contributed by atoms with Gasteiger partial charge in [0.2, 0.25) is 5.89 Å². The second kappa shape index (κ2) is 5.54. The summed E-state index contributed by atoms with van der Waals surface area (Å²) in [5.41, 5.74) is 2.36. The molecule has 4 nitrogen and oxygen atoms in total. The first-order valence-electron chi connectivity index (χ1n) is 6.44. The topological polar surface area (TPSA) is 66.2 Å². The summed E-state index contributed by atoms with van der Waals surface area (Å²) in [5.74, 6) is -0.240. The Morgan fingerprint density at radius 2 is 2.05 bits per heavy atom. The number of aryl methyl sites for hydroxylation is 1. The van der Waals surface area contributed by atoms with E-state index in [1.807, 2.05) is 48.7 Å². The molecule has 0 fully saturated rings. The molecule has 106 valence electrons. The van der Waals surface area contributed by atoms with Crippen LogP contribution >= 0.6 is 11.3 Å². The van der Waals surface area contributed by atoms with E-state index in [1.165, 1.54) is 11.3 Å². The summed E-state index contributed by atoms with van der Waals surface area (Å²) < 4.78 is 5.79. The minimum atomic E-state index is -1.17. The summed E-state index contributed by atoms with van der Waals surface area (Å²) in [6.45, 7) is 2.00. The van der Waals surface area contributed by atoms with Gasteiger partial charge in [-0.15, -0.1) is 11.3 Å². The summed E-state index contributed by atoms with van der Waals surface area (Å²) >= 11 is 1.48. The quantitative estimate of drug-likeness (QED) is 0.742. The molecule has 0 radical (unpaired) electrons. The average molecular weight is 298 g/mol. The minimum Gasteiger partial charge on any atom is -0.550 e. The van der Waals surface area contributed by atoms with E-state index in [-0.39, 0.29) is 6.42 Å². The number of aromatic nitrogens is 1. The van der Waals surface area contributed by atoms with Gasteiger partial charge in [-0.3, -0.25) is 0 Å². The molecule has 3 aromatic rings. The van der Waals surface area contributed by atoms with E-state index in [0.717, 1.165) is 16.0 Å². The zero-order chi connectivity index (χ0) is 14.8. The van der Waals surface area contributed by atoms with Crippen LogP contribution in [0.5, 0.6) is 0 Å². The van der Waals surface area contributed by atoms with Crippen molar-refractivity contribution in [3.63, 3.8) is 0 Å². The average Bonchev–Trinajstić information content (AvgIpc) is 3.08. The molecule has 0 bridgehead atoms. The highest BCUT2D eigenvalue weighted by Gasteiger charge is 2.17. The van der Waals surface area contributed by atoms with Crippen molar-refractivity contribution >= 4 is 17.3 Å². The minimum absolute atomic E-state index is 0.261. The number of rotatable bonds is 4. The first kappa shape index (κ1) is 13.6. The van der Waals surface area contributed by atoms with Crippen LogP contribution < -0.4 is 5.11 Å². The Labute approximate surface area is 125 Å². The molecule has 0 atom stereocenters. The van der Waals surface area contributed by atoms with Crippen LogP contribution in [0.3, 0.4) is 0 Å². The maximum atomic E-state index is 10.9. The third-order valence-electron chi connectivity index (χ3n) is 3.05. The highest BCUT2D eigenvalue weighted by molar-refractivity contribution is 7.13. The summed E-state index contributed by atoms with van der Waals surface area (Å²) in [6, 6.07) is 11.5. The Morgan fingerprint density at radius 3 is 2.67 bits per heavy atom. The molecule has 21 heavy (non-hydrogen) atoms. The second-order valence-electron chi connectivity index (χ2n) is 4.69. The fourth-order valence-electron chi connectivity index (χ4n) is 2.03. The third-order valence-corrected chi connectivity index (χ3v) is 3.92. The summed E-state index contributed by atoms with van der Waals surface area (Å²) in [4.78, 5) is 16.1. The van der Waals surface area contributed by atoms with Gasteiger partial charge < -0.3 is 14.3 Å². The first-order chi connectivity index (χ1) is 10.1. The van der Waals surface area contributed by atoms with Crippen molar-refractivity contribution < 1.29 is 14.3 Å². The predicted molar refractivity (Wildman–Crippen MR) is 78.7 cm³/mol. The van der Waals surface area contributed by atoms with E-state index in [2.05, 4.69) is 4.98 Å². The van der Waals surface area contributed by atoms with E-state index in [9.17, 15) is 9.90 Å². The zero-order valence-electron chi connectivity index (χ0n) is 11.3. The summed E-state index contributed by atoms with van der Waals surface area (Å²) in [6.07, 6.45) is -0.261. The van der Waals surface area contributed by atoms with E-state index in [0.29, 0.717) is 17.3 Å². The number of carbonyl (C=O) groups excluding carboxylic acids is 1. The van der Waals surface area contributed by atoms with Crippen LogP contribution in [0.25, 0.3) is 22.1 Å². The Kier molecular flexibility index (Phi) is 3.58. The van der Waals surface area contributed by atoms with Crippen molar-refractivity contribution in [2.75, 3.05) is 0 Å². The summed E-state index contributed by atoms with van der Waals surface area (Å²) in [5, 5.41) is 12.8. The lowest BCUT2D eigenvalue weighted by Crippen LogP contribution is -2.24. The summed E-state index contributed by atoms with van der Waals surface area (Å²) in [7, 11) is 0. The van der Waals surface area contributed by atoms with Crippen LogP contribution in [-0.2, 0) is 11.2 Å². The molecule has 2 heterocycles. The van der Waals surface area contributed by atoms with Gasteiger partial charge in [-0.05, 0) is 30.5 Å². The Bertz CT molecular complexity index is 757. The Hall–Kier alpha value is -2.40. The number of nitrogens with zero attached hydrogens (tertiary/aromatic N) is 1. The van der Waals surface area contributed by atoms with Gasteiger partial charge >= 0.3 is 0 Å². The van der Waals surface area contributed by atoms with Gasteiger partial charge in [0.15, 0.2) is 5.76 Å². The molecule has 0 aliphatic rings. The van der Waals surface area contributed by atoms with E-state index in [4.69, 9.17) is 4.42 Å². The molecule has 0 N–H and O–H groups in total. The number of carbonyl (C=O) groups is 1. The van der Waals surface area contributed by atoms with Crippen molar-refractivity contribution in [2.45, 2.75) is 13.3 Å². The molecule has 0 saturated heterocycles. The van der Waals surface area contributed by atoms with E-state index >= 15 is 0 Å². The fourth-order valence-corrected chi connectivity index (χ4v) is 2.76. The van der Waals surface area contributed by atoms with Gasteiger partial charge in [-0.2, -0.15) is 0 Å². The fraction of sp³-hybridized carbons (Fsp3) is 0.125. The predicted octanol–water partition coefficient (Wildman–Crippen LogP) is 2.67. The monoisotopic (exact) mass is 298 g/mol. The molecule has 2 aromatic heterocycles. The largest absolute Gasteiger partial charge is 0.550 e. The van der Waals surface area contributed by atoms with Gasteiger partial charge in [0.25, 0.3) is 0 Å². The number of oxazole rings is 1. The van der Waals surface area contributed by atoms with E-state index < -0.39 is 5.97 Å². The van der Waals surface area contributed by atoms with Crippen molar-refractivity contribution in [1.82, 2.24) is 4.98 Å². The lowest BCUT2D eigenvalue weighted by Gasteiger charge is -1.99. The van der Waals surface area contributed by atoms with Gasteiger partial charge in [0, 0.05) is 18.0 Å². The lowest BCUT2D eigenvalue weighted by atomic mass is 10.1. The highest BCUT2D eigenvalue weighted by Crippen LogP contribution is 2.32. The van der Waals surface area contributed by atoms with Gasteiger partial charge in [0.05, 0.1) is 10.6 Å². The molecule has 0 saturated carbocycles. The number of hydrogen-bond acceptors (Lipinski definition) is 5. The number of benzene rings is 1. The van der Waals surface area contributed by atoms with Crippen LogP contribution in [0.2, 0.25) is 0 Å². The molecular weight excluding hydrogens is 286 g/mol. The van der Waals surface area contributed by atoms with Gasteiger partial charge in [0.1, 0.15) is 0 Å². The molecule has 3 rings (SSSR count). The van der Waals surface area contributed by atoms with Crippen LogP contribution in [0, 0.1) is 6.92 Å². The number of carboxylic acids is 1. The van der Waals surface area contributed by atoms with Crippen molar-refractivity contribution in [1.29, 1.82) is 0 Å².